The monoisotopic (exact) mass is 237 g/mol. The van der Waals surface area contributed by atoms with Gasteiger partial charge >= 0.3 is 6.18 Å². The summed E-state index contributed by atoms with van der Waals surface area (Å²) in [5, 5.41) is 5.03. The van der Waals surface area contributed by atoms with Gasteiger partial charge in [0.1, 0.15) is 0 Å². The number of thiophene rings is 1. The first-order valence-electron chi connectivity index (χ1n) is 4.82. The van der Waals surface area contributed by atoms with Gasteiger partial charge in [-0.1, -0.05) is 6.07 Å². The van der Waals surface area contributed by atoms with Gasteiger partial charge in [0.25, 0.3) is 0 Å². The molecule has 0 aliphatic carbocycles. The normalized spacial score (nSPS) is 14.1. The molecule has 1 aromatic heterocycles. The molecule has 86 valence electrons. The molecule has 0 aliphatic rings. The Kier molecular flexibility index (Phi) is 4.60. The molecule has 1 unspecified atom stereocenters. The SMILES string of the molecule is CC(NCCCC(F)(F)F)c1cccs1. The van der Waals surface area contributed by atoms with E-state index >= 15 is 0 Å². The Labute approximate surface area is 91.3 Å². The second kappa shape index (κ2) is 5.51. The van der Waals surface area contributed by atoms with Crippen LogP contribution in [0, 0.1) is 0 Å². The Balaban J connectivity index is 2.16. The Morgan fingerprint density at radius 2 is 2.20 bits per heavy atom. The predicted octanol–water partition coefficient (Wildman–Crippen LogP) is 3.74. The zero-order valence-electron chi connectivity index (χ0n) is 8.47. The van der Waals surface area contributed by atoms with Crippen molar-refractivity contribution >= 4 is 11.3 Å². The van der Waals surface area contributed by atoms with Crippen LogP contribution in [-0.4, -0.2) is 12.7 Å². The largest absolute Gasteiger partial charge is 0.389 e. The zero-order valence-corrected chi connectivity index (χ0v) is 9.29. The van der Waals surface area contributed by atoms with Crippen LogP contribution in [0.5, 0.6) is 0 Å². The van der Waals surface area contributed by atoms with Gasteiger partial charge in [-0.3, -0.25) is 0 Å². The van der Waals surface area contributed by atoms with Crippen molar-refractivity contribution in [2.24, 2.45) is 0 Å². The van der Waals surface area contributed by atoms with Gasteiger partial charge in [0.05, 0.1) is 0 Å². The van der Waals surface area contributed by atoms with Crippen molar-refractivity contribution in [3.63, 3.8) is 0 Å². The Bertz CT molecular complexity index is 269. The van der Waals surface area contributed by atoms with E-state index in [0.717, 1.165) is 4.88 Å². The number of alkyl halides is 3. The molecule has 0 aliphatic heterocycles. The summed E-state index contributed by atoms with van der Waals surface area (Å²) in [4.78, 5) is 1.15. The van der Waals surface area contributed by atoms with Gasteiger partial charge in [-0.25, -0.2) is 0 Å². The fraction of sp³-hybridized carbons (Fsp3) is 0.600. The molecule has 1 heterocycles. The van der Waals surface area contributed by atoms with E-state index in [1.54, 1.807) is 11.3 Å². The van der Waals surface area contributed by atoms with Crippen LogP contribution in [0.4, 0.5) is 13.2 Å². The highest BCUT2D eigenvalue weighted by atomic mass is 32.1. The van der Waals surface area contributed by atoms with E-state index in [1.165, 1.54) is 0 Å². The van der Waals surface area contributed by atoms with E-state index in [9.17, 15) is 13.2 Å². The zero-order chi connectivity index (χ0) is 11.3. The van der Waals surface area contributed by atoms with Gasteiger partial charge in [0.2, 0.25) is 0 Å². The van der Waals surface area contributed by atoms with Crippen molar-refractivity contribution in [3.05, 3.63) is 22.4 Å². The predicted molar refractivity (Wildman–Crippen MR) is 56.0 cm³/mol. The molecule has 0 bridgehead atoms. The van der Waals surface area contributed by atoms with Gasteiger partial charge in [-0.05, 0) is 31.3 Å². The van der Waals surface area contributed by atoms with Crippen molar-refractivity contribution in [1.82, 2.24) is 5.32 Å². The summed E-state index contributed by atoms with van der Waals surface area (Å²) in [6.07, 6.45) is -4.61. The summed E-state index contributed by atoms with van der Waals surface area (Å²) < 4.78 is 35.5. The fourth-order valence-corrected chi connectivity index (χ4v) is 2.00. The van der Waals surface area contributed by atoms with Crippen LogP contribution < -0.4 is 5.32 Å². The van der Waals surface area contributed by atoms with Crippen LogP contribution in [0.3, 0.4) is 0 Å². The summed E-state index contributed by atoms with van der Waals surface area (Å²) in [6, 6.07) is 4.05. The molecule has 0 saturated heterocycles. The number of hydrogen-bond acceptors (Lipinski definition) is 2. The molecular formula is C10H14F3NS. The first-order valence-corrected chi connectivity index (χ1v) is 5.70. The minimum Gasteiger partial charge on any atom is -0.309 e. The maximum absolute atomic E-state index is 11.8. The van der Waals surface area contributed by atoms with Crippen LogP contribution in [0.25, 0.3) is 0 Å². The average molecular weight is 237 g/mol. The number of hydrogen-bond donors (Lipinski definition) is 1. The summed E-state index contributed by atoms with van der Waals surface area (Å²) in [5.41, 5.74) is 0. The van der Waals surface area contributed by atoms with Crippen LogP contribution >= 0.6 is 11.3 Å². The van der Waals surface area contributed by atoms with E-state index in [1.807, 2.05) is 24.4 Å². The van der Waals surface area contributed by atoms with Gasteiger partial charge < -0.3 is 5.32 Å². The van der Waals surface area contributed by atoms with Crippen molar-refractivity contribution in [2.45, 2.75) is 32.0 Å². The maximum Gasteiger partial charge on any atom is 0.389 e. The lowest BCUT2D eigenvalue weighted by molar-refractivity contribution is -0.135. The van der Waals surface area contributed by atoms with Crippen molar-refractivity contribution in [1.29, 1.82) is 0 Å². The van der Waals surface area contributed by atoms with E-state index in [-0.39, 0.29) is 12.5 Å². The highest BCUT2D eigenvalue weighted by Crippen LogP contribution is 2.22. The third-order valence-electron chi connectivity index (χ3n) is 2.06. The van der Waals surface area contributed by atoms with Gasteiger partial charge in [-0.2, -0.15) is 13.2 Å². The highest BCUT2D eigenvalue weighted by molar-refractivity contribution is 7.10. The lowest BCUT2D eigenvalue weighted by Gasteiger charge is -2.12. The second-order valence-corrected chi connectivity index (χ2v) is 4.39. The maximum atomic E-state index is 11.8. The third-order valence-corrected chi connectivity index (χ3v) is 3.11. The standard InChI is InChI=1S/C10H14F3NS/c1-8(9-4-2-7-15-9)14-6-3-5-10(11,12)13/h2,4,7-8,14H,3,5-6H2,1H3. The minimum atomic E-state index is -4.03. The Hall–Kier alpha value is -0.550. The third kappa shape index (κ3) is 5.18. The van der Waals surface area contributed by atoms with E-state index < -0.39 is 12.6 Å². The molecule has 15 heavy (non-hydrogen) atoms. The molecule has 5 heteroatoms. The summed E-state index contributed by atoms with van der Waals surface area (Å²) in [6.45, 7) is 2.36. The van der Waals surface area contributed by atoms with Crippen molar-refractivity contribution in [2.75, 3.05) is 6.54 Å². The number of halogens is 3. The van der Waals surface area contributed by atoms with Crippen molar-refractivity contribution < 1.29 is 13.2 Å². The molecule has 0 aromatic carbocycles. The van der Waals surface area contributed by atoms with Crippen LogP contribution in [0.1, 0.15) is 30.7 Å². The molecule has 0 fully saturated rings. The topological polar surface area (TPSA) is 12.0 Å². The average Bonchev–Trinajstić information content (AvgIpc) is 2.63. The summed E-state index contributed by atoms with van der Waals surface area (Å²) in [7, 11) is 0. The molecule has 1 N–H and O–H groups in total. The summed E-state index contributed by atoms with van der Waals surface area (Å²) in [5.74, 6) is 0. The lowest BCUT2D eigenvalue weighted by Crippen LogP contribution is -2.20. The highest BCUT2D eigenvalue weighted by Gasteiger charge is 2.25. The molecular weight excluding hydrogens is 223 g/mol. The molecule has 0 saturated carbocycles. The molecule has 1 nitrogen and oxygen atoms in total. The summed E-state index contributed by atoms with van der Waals surface area (Å²) >= 11 is 1.61. The quantitative estimate of drug-likeness (QED) is 0.769. The van der Waals surface area contributed by atoms with Crippen LogP contribution in [0.2, 0.25) is 0 Å². The Morgan fingerprint density at radius 3 is 2.73 bits per heavy atom. The van der Waals surface area contributed by atoms with E-state index in [0.29, 0.717) is 6.54 Å². The molecule has 0 radical (unpaired) electrons. The minimum absolute atomic E-state index is 0.137. The van der Waals surface area contributed by atoms with Crippen LogP contribution in [0.15, 0.2) is 17.5 Å². The Morgan fingerprint density at radius 1 is 1.47 bits per heavy atom. The molecule has 0 spiro atoms. The van der Waals surface area contributed by atoms with E-state index in [2.05, 4.69) is 5.32 Å². The van der Waals surface area contributed by atoms with Crippen molar-refractivity contribution in [3.8, 4) is 0 Å². The van der Waals surface area contributed by atoms with Gasteiger partial charge in [-0.15, -0.1) is 11.3 Å². The number of rotatable bonds is 5. The molecule has 1 rings (SSSR count). The second-order valence-electron chi connectivity index (χ2n) is 3.41. The fourth-order valence-electron chi connectivity index (χ4n) is 1.25. The first kappa shape index (κ1) is 12.5. The van der Waals surface area contributed by atoms with Gasteiger partial charge in [0.15, 0.2) is 0 Å². The van der Waals surface area contributed by atoms with Gasteiger partial charge in [0, 0.05) is 17.3 Å². The first-order chi connectivity index (χ1) is 6.99. The smallest absolute Gasteiger partial charge is 0.309 e. The molecule has 1 aromatic rings. The molecule has 0 amide bonds. The number of nitrogens with one attached hydrogen (secondary N) is 1. The molecule has 1 atom stereocenters. The lowest BCUT2D eigenvalue weighted by atomic mass is 10.2. The van der Waals surface area contributed by atoms with E-state index in [4.69, 9.17) is 0 Å². The van der Waals surface area contributed by atoms with Crippen LogP contribution in [-0.2, 0) is 0 Å².